The van der Waals surface area contributed by atoms with E-state index in [4.69, 9.17) is 0 Å². The Morgan fingerprint density at radius 1 is 1.27 bits per heavy atom. The molecule has 0 aromatic heterocycles. The van der Waals surface area contributed by atoms with E-state index in [9.17, 15) is 14.0 Å². The van der Waals surface area contributed by atoms with Crippen LogP contribution in [0.5, 0.6) is 0 Å². The molecule has 0 bridgehead atoms. The lowest BCUT2D eigenvalue weighted by molar-refractivity contribution is -0.150. The van der Waals surface area contributed by atoms with Gasteiger partial charge >= 0.3 is 5.97 Å². The fourth-order valence-electron chi connectivity index (χ4n) is 1.14. The summed E-state index contributed by atoms with van der Waals surface area (Å²) in [5.41, 5.74) is -2.48. The van der Waals surface area contributed by atoms with Crippen LogP contribution in [0.4, 0.5) is 4.39 Å². The molecular weight excluding hydrogens is 199 g/mol. The lowest BCUT2D eigenvalue weighted by Gasteiger charge is -2.15. The largest absolute Gasteiger partial charge is 0.466 e. The molecule has 0 amide bonds. The van der Waals surface area contributed by atoms with E-state index in [1.54, 1.807) is 18.2 Å². The molecule has 3 nitrogen and oxygen atoms in total. The zero-order valence-corrected chi connectivity index (χ0v) is 8.49. The van der Waals surface area contributed by atoms with E-state index in [1.807, 2.05) is 0 Å². The molecule has 15 heavy (non-hydrogen) atoms. The number of alkyl halides is 1. The summed E-state index contributed by atoms with van der Waals surface area (Å²) < 4.78 is 18.0. The lowest BCUT2D eigenvalue weighted by atomic mass is 9.97. The van der Waals surface area contributed by atoms with Crippen molar-refractivity contribution in [2.45, 2.75) is 12.6 Å². The molecule has 4 heteroatoms. The van der Waals surface area contributed by atoms with E-state index in [-0.39, 0.29) is 5.56 Å². The molecule has 0 heterocycles. The quantitative estimate of drug-likeness (QED) is 0.434. The first kappa shape index (κ1) is 11.4. The monoisotopic (exact) mass is 210 g/mol. The summed E-state index contributed by atoms with van der Waals surface area (Å²) in [5.74, 6) is -2.08. The van der Waals surface area contributed by atoms with Crippen molar-refractivity contribution in [3.8, 4) is 0 Å². The molecule has 0 radical (unpaired) electrons. The second-order valence-electron chi connectivity index (χ2n) is 3.19. The van der Waals surface area contributed by atoms with Crippen molar-refractivity contribution in [2.75, 3.05) is 7.11 Å². The molecule has 0 aliphatic heterocycles. The van der Waals surface area contributed by atoms with Gasteiger partial charge in [-0.25, -0.2) is 9.18 Å². The molecular formula is C11H11FO3. The number of carbonyl (C=O) groups excluding carboxylic acids is 2. The summed E-state index contributed by atoms with van der Waals surface area (Å²) >= 11 is 0. The van der Waals surface area contributed by atoms with Gasteiger partial charge in [-0.2, -0.15) is 0 Å². The summed E-state index contributed by atoms with van der Waals surface area (Å²) in [4.78, 5) is 22.6. The molecule has 0 spiro atoms. The lowest BCUT2D eigenvalue weighted by Crippen LogP contribution is -2.40. The number of rotatable bonds is 3. The van der Waals surface area contributed by atoms with Gasteiger partial charge in [0.2, 0.25) is 5.78 Å². The zero-order valence-electron chi connectivity index (χ0n) is 8.49. The number of ketones is 1. The van der Waals surface area contributed by atoms with Gasteiger partial charge in [0.25, 0.3) is 5.67 Å². The standard InChI is InChI=1S/C11H11FO3/c1-11(12,10(14)15-2)9(13)8-6-4-3-5-7-8/h3-7H,1-2H3/t11-/m1/s1. The third-order valence-electron chi connectivity index (χ3n) is 2.03. The highest BCUT2D eigenvalue weighted by Crippen LogP contribution is 2.19. The predicted octanol–water partition coefficient (Wildman–Crippen LogP) is 1.77. The second kappa shape index (κ2) is 4.21. The highest BCUT2D eigenvalue weighted by molar-refractivity contribution is 6.14. The van der Waals surface area contributed by atoms with Crippen molar-refractivity contribution >= 4 is 11.8 Å². The molecule has 0 aliphatic rings. The molecule has 1 rings (SSSR count). The summed E-state index contributed by atoms with van der Waals surface area (Å²) in [6, 6.07) is 7.79. The first-order valence-electron chi connectivity index (χ1n) is 4.37. The Bertz CT molecular complexity index is 371. The van der Waals surface area contributed by atoms with Crippen LogP contribution >= 0.6 is 0 Å². The van der Waals surface area contributed by atoms with Crippen LogP contribution in [0, 0.1) is 0 Å². The summed E-state index contributed by atoms with van der Waals surface area (Å²) in [7, 11) is 1.04. The number of hydrogen-bond acceptors (Lipinski definition) is 3. The number of esters is 1. The summed E-state index contributed by atoms with van der Waals surface area (Å²) in [5, 5.41) is 0. The van der Waals surface area contributed by atoms with Crippen molar-refractivity contribution in [3.05, 3.63) is 35.9 Å². The molecule has 0 saturated heterocycles. The average Bonchev–Trinajstić information content (AvgIpc) is 2.28. The van der Waals surface area contributed by atoms with Crippen LogP contribution in [0.1, 0.15) is 17.3 Å². The highest BCUT2D eigenvalue weighted by Gasteiger charge is 2.42. The Morgan fingerprint density at radius 3 is 2.27 bits per heavy atom. The second-order valence-corrected chi connectivity index (χ2v) is 3.19. The topological polar surface area (TPSA) is 43.4 Å². The van der Waals surface area contributed by atoms with E-state index in [0.29, 0.717) is 0 Å². The highest BCUT2D eigenvalue weighted by atomic mass is 19.1. The van der Waals surface area contributed by atoms with Crippen LogP contribution in [0.15, 0.2) is 30.3 Å². The average molecular weight is 210 g/mol. The van der Waals surface area contributed by atoms with Gasteiger partial charge < -0.3 is 4.74 Å². The normalized spacial score (nSPS) is 14.1. The van der Waals surface area contributed by atoms with Crippen LogP contribution in [0.3, 0.4) is 0 Å². The fraction of sp³-hybridized carbons (Fsp3) is 0.273. The minimum atomic E-state index is -2.63. The summed E-state index contributed by atoms with van der Waals surface area (Å²) in [6.45, 7) is 0.897. The van der Waals surface area contributed by atoms with E-state index < -0.39 is 17.4 Å². The SMILES string of the molecule is COC(=O)[C@](C)(F)C(=O)c1ccccc1. The van der Waals surface area contributed by atoms with Gasteiger partial charge in [-0.3, -0.25) is 4.79 Å². The van der Waals surface area contributed by atoms with Crippen LogP contribution in [-0.2, 0) is 9.53 Å². The van der Waals surface area contributed by atoms with Crippen LogP contribution < -0.4 is 0 Å². The molecule has 80 valence electrons. The Morgan fingerprint density at radius 2 is 1.80 bits per heavy atom. The van der Waals surface area contributed by atoms with E-state index in [0.717, 1.165) is 14.0 Å². The van der Waals surface area contributed by atoms with Crippen molar-refractivity contribution in [1.82, 2.24) is 0 Å². The number of methoxy groups -OCH3 is 1. The first-order valence-corrected chi connectivity index (χ1v) is 4.37. The van der Waals surface area contributed by atoms with E-state index >= 15 is 0 Å². The molecule has 1 aromatic carbocycles. The number of halogens is 1. The van der Waals surface area contributed by atoms with Crippen molar-refractivity contribution in [1.29, 1.82) is 0 Å². The zero-order chi connectivity index (χ0) is 11.5. The minimum absolute atomic E-state index is 0.146. The van der Waals surface area contributed by atoms with Gasteiger partial charge in [0.05, 0.1) is 7.11 Å². The maximum absolute atomic E-state index is 13.7. The van der Waals surface area contributed by atoms with Gasteiger partial charge in [-0.05, 0) is 6.92 Å². The van der Waals surface area contributed by atoms with Gasteiger partial charge in [-0.15, -0.1) is 0 Å². The number of benzene rings is 1. The summed E-state index contributed by atoms with van der Waals surface area (Å²) in [6.07, 6.45) is 0. The molecule has 0 saturated carbocycles. The molecule has 0 aliphatic carbocycles. The van der Waals surface area contributed by atoms with Crippen LogP contribution in [-0.4, -0.2) is 24.5 Å². The molecule has 1 aromatic rings. The van der Waals surface area contributed by atoms with E-state index in [2.05, 4.69) is 4.74 Å². The Balaban J connectivity index is 3.00. The van der Waals surface area contributed by atoms with Crippen molar-refractivity contribution < 1.29 is 18.7 Å². The Labute approximate surface area is 86.9 Å². The molecule has 0 fully saturated rings. The van der Waals surface area contributed by atoms with Gasteiger partial charge in [0.1, 0.15) is 0 Å². The third-order valence-corrected chi connectivity index (χ3v) is 2.03. The minimum Gasteiger partial charge on any atom is -0.466 e. The van der Waals surface area contributed by atoms with Crippen molar-refractivity contribution in [3.63, 3.8) is 0 Å². The number of ether oxygens (including phenoxy) is 1. The maximum Gasteiger partial charge on any atom is 0.351 e. The number of hydrogen-bond donors (Lipinski definition) is 0. The molecule has 1 atom stereocenters. The van der Waals surface area contributed by atoms with Gasteiger partial charge in [0.15, 0.2) is 0 Å². The smallest absolute Gasteiger partial charge is 0.351 e. The fourth-order valence-corrected chi connectivity index (χ4v) is 1.14. The maximum atomic E-state index is 13.7. The molecule has 0 N–H and O–H groups in total. The first-order chi connectivity index (χ1) is 7.00. The predicted molar refractivity (Wildman–Crippen MR) is 52.3 cm³/mol. The van der Waals surface area contributed by atoms with Gasteiger partial charge in [0, 0.05) is 5.56 Å². The van der Waals surface area contributed by atoms with Gasteiger partial charge in [-0.1, -0.05) is 30.3 Å². The van der Waals surface area contributed by atoms with Crippen molar-refractivity contribution in [2.24, 2.45) is 0 Å². The number of Topliss-reactive ketones (excluding diaryl/α,β-unsaturated/α-hetero) is 1. The Kier molecular flexibility index (Phi) is 3.19. The van der Waals surface area contributed by atoms with Crippen LogP contribution in [0.25, 0.3) is 0 Å². The molecule has 0 unspecified atom stereocenters. The number of carbonyl (C=O) groups is 2. The third kappa shape index (κ3) is 2.21. The van der Waals surface area contributed by atoms with Crippen LogP contribution in [0.2, 0.25) is 0 Å². The van der Waals surface area contributed by atoms with E-state index in [1.165, 1.54) is 12.1 Å². The Hall–Kier alpha value is -1.71.